The van der Waals surface area contributed by atoms with E-state index in [1.807, 2.05) is 0 Å². The van der Waals surface area contributed by atoms with Crippen molar-refractivity contribution < 1.29 is 0 Å². The number of hydrogen-bond acceptors (Lipinski definition) is 0. The predicted octanol–water partition coefficient (Wildman–Crippen LogP) is 4.56. The van der Waals surface area contributed by atoms with Crippen molar-refractivity contribution in [3.8, 4) is 0 Å². The second-order valence-electron chi connectivity index (χ2n) is 4.54. The van der Waals surface area contributed by atoms with Gasteiger partial charge in [-0.1, -0.05) is 39.2 Å². The van der Waals surface area contributed by atoms with Gasteiger partial charge >= 0.3 is 0 Å². The van der Waals surface area contributed by atoms with Crippen LogP contribution < -0.4 is 0 Å². The molecule has 1 fully saturated rings. The van der Waals surface area contributed by atoms with Gasteiger partial charge in [-0.2, -0.15) is 0 Å². The summed E-state index contributed by atoms with van der Waals surface area (Å²) in [5.41, 5.74) is 0.734. The smallest absolute Gasteiger partial charge is 0.0272 e. The summed E-state index contributed by atoms with van der Waals surface area (Å²) in [6, 6.07) is 0. The lowest BCUT2D eigenvalue weighted by atomic mass is 9.58. The van der Waals surface area contributed by atoms with Crippen LogP contribution >= 0.6 is 0 Å². The molecular weight excluding hydrogens is 156 g/mol. The van der Waals surface area contributed by atoms with Gasteiger partial charge in [0.15, 0.2) is 0 Å². The van der Waals surface area contributed by atoms with Gasteiger partial charge in [-0.05, 0) is 37.0 Å². The van der Waals surface area contributed by atoms with Gasteiger partial charge in [-0.3, -0.25) is 0 Å². The maximum Gasteiger partial charge on any atom is -0.0272 e. The van der Waals surface area contributed by atoms with E-state index in [-0.39, 0.29) is 0 Å². The third kappa shape index (κ3) is 2.15. The Morgan fingerprint density at radius 1 is 1.38 bits per heavy atom. The van der Waals surface area contributed by atoms with Crippen LogP contribution in [0.1, 0.15) is 58.8 Å². The van der Waals surface area contributed by atoms with Gasteiger partial charge in [-0.25, -0.2) is 0 Å². The van der Waals surface area contributed by atoms with Crippen molar-refractivity contribution in [2.24, 2.45) is 11.3 Å². The van der Waals surface area contributed by atoms with Gasteiger partial charge in [0.25, 0.3) is 0 Å². The van der Waals surface area contributed by atoms with E-state index in [1.54, 1.807) is 0 Å². The molecule has 0 heteroatoms. The zero-order chi connectivity index (χ0) is 9.73. The molecule has 0 aromatic heterocycles. The predicted molar refractivity (Wildman–Crippen MR) is 59.8 cm³/mol. The zero-order valence-electron chi connectivity index (χ0n) is 9.31. The normalized spacial score (nSPS) is 22.0. The topological polar surface area (TPSA) is 0 Å². The number of rotatable bonds is 6. The van der Waals surface area contributed by atoms with Crippen LogP contribution in [-0.4, -0.2) is 0 Å². The van der Waals surface area contributed by atoms with Crippen LogP contribution in [0.15, 0.2) is 12.7 Å². The summed E-state index contributed by atoms with van der Waals surface area (Å²) in [5.74, 6) is 0.962. The molecule has 76 valence electrons. The monoisotopic (exact) mass is 180 g/mol. The second-order valence-corrected chi connectivity index (χ2v) is 4.54. The Kier molecular flexibility index (Phi) is 4.02. The molecule has 13 heavy (non-hydrogen) atoms. The first-order valence-corrected chi connectivity index (χ1v) is 5.90. The van der Waals surface area contributed by atoms with E-state index >= 15 is 0 Å². The van der Waals surface area contributed by atoms with Gasteiger partial charge in [0, 0.05) is 0 Å². The number of allylic oxidation sites excluding steroid dienone is 1. The van der Waals surface area contributed by atoms with Crippen LogP contribution in [0.3, 0.4) is 0 Å². The van der Waals surface area contributed by atoms with Gasteiger partial charge < -0.3 is 0 Å². The Labute approximate surface area is 83.4 Å². The SMILES string of the molecule is C=CCCC(CC)C1(CC)CCC1. The molecule has 1 saturated carbocycles. The molecule has 0 nitrogen and oxygen atoms in total. The van der Waals surface area contributed by atoms with Crippen molar-refractivity contribution in [3.63, 3.8) is 0 Å². The summed E-state index contributed by atoms with van der Waals surface area (Å²) < 4.78 is 0. The third-order valence-electron chi connectivity index (χ3n) is 4.13. The molecule has 0 heterocycles. The molecule has 1 aliphatic rings. The summed E-state index contributed by atoms with van der Waals surface area (Å²) in [6.07, 6.45) is 11.8. The van der Waals surface area contributed by atoms with Crippen molar-refractivity contribution in [1.29, 1.82) is 0 Å². The highest BCUT2D eigenvalue weighted by atomic mass is 14.5. The van der Waals surface area contributed by atoms with E-state index in [0.29, 0.717) is 0 Å². The molecule has 0 N–H and O–H groups in total. The summed E-state index contributed by atoms with van der Waals surface area (Å²) in [6.45, 7) is 8.54. The molecule has 0 aromatic carbocycles. The van der Waals surface area contributed by atoms with Crippen LogP contribution in [0, 0.1) is 11.3 Å². The molecule has 1 rings (SSSR count). The standard InChI is InChI=1S/C13H24/c1-4-7-9-12(5-2)13(6-3)10-8-11-13/h4,12H,1,5-11H2,2-3H3. The van der Waals surface area contributed by atoms with Crippen molar-refractivity contribution in [2.45, 2.75) is 58.8 Å². The van der Waals surface area contributed by atoms with E-state index in [1.165, 1.54) is 44.9 Å². The molecule has 1 aliphatic carbocycles. The van der Waals surface area contributed by atoms with Crippen molar-refractivity contribution >= 4 is 0 Å². The quantitative estimate of drug-likeness (QED) is 0.526. The van der Waals surface area contributed by atoms with E-state index in [9.17, 15) is 0 Å². The minimum atomic E-state index is 0.734. The fourth-order valence-electron chi connectivity index (χ4n) is 2.94. The van der Waals surface area contributed by atoms with Crippen molar-refractivity contribution in [3.05, 3.63) is 12.7 Å². The molecule has 1 atom stereocenters. The highest BCUT2D eigenvalue weighted by Crippen LogP contribution is 2.52. The molecular formula is C13H24. The Morgan fingerprint density at radius 3 is 2.38 bits per heavy atom. The molecule has 1 unspecified atom stereocenters. The fourth-order valence-corrected chi connectivity index (χ4v) is 2.94. The molecule has 0 radical (unpaired) electrons. The van der Waals surface area contributed by atoms with Crippen molar-refractivity contribution in [1.82, 2.24) is 0 Å². The molecule has 0 bridgehead atoms. The summed E-state index contributed by atoms with van der Waals surface area (Å²) in [5, 5.41) is 0. The Morgan fingerprint density at radius 2 is 2.08 bits per heavy atom. The van der Waals surface area contributed by atoms with Gasteiger partial charge in [-0.15, -0.1) is 6.58 Å². The van der Waals surface area contributed by atoms with Crippen LogP contribution in [-0.2, 0) is 0 Å². The van der Waals surface area contributed by atoms with E-state index in [0.717, 1.165) is 11.3 Å². The Balaban J connectivity index is 2.47. The largest absolute Gasteiger partial charge is 0.103 e. The molecule has 0 saturated heterocycles. The first kappa shape index (κ1) is 10.8. The van der Waals surface area contributed by atoms with E-state index in [2.05, 4.69) is 26.5 Å². The molecule has 0 spiro atoms. The first-order chi connectivity index (χ1) is 6.29. The van der Waals surface area contributed by atoms with E-state index < -0.39 is 0 Å². The maximum atomic E-state index is 3.82. The molecule has 0 aromatic rings. The average Bonchev–Trinajstić information content (AvgIpc) is 2.09. The van der Waals surface area contributed by atoms with Gasteiger partial charge in [0.05, 0.1) is 0 Å². The summed E-state index contributed by atoms with van der Waals surface area (Å²) in [4.78, 5) is 0. The van der Waals surface area contributed by atoms with Crippen LogP contribution in [0.4, 0.5) is 0 Å². The third-order valence-corrected chi connectivity index (χ3v) is 4.13. The molecule has 0 amide bonds. The van der Waals surface area contributed by atoms with Crippen LogP contribution in [0.2, 0.25) is 0 Å². The summed E-state index contributed by atoms with van der Waals surface area (Å²) >= 11 is 0. The second kappa shape index (κ2) is 4.83. The minimum absolute atomic E-state index is 0.734. The van der Waals surface area contributed by atoms with Gasteiger partial charge in [0.1, 0.15) is 0 Å². The van der Waals surface area contributed by atoms with Crippen LogP contribution in [0.5, 0.6) is 0 Å². The average molecular weight is 180 g/mol. The Bertz CT molecular complexity index is 148. The van der Waals surface area contributed by atoms with Crippen LogP contribution in [0.25, 0.3) is 0 Å². The zero-order valence-corrected chi connectivity index (χ0v) is 9.31. The first-order valence-electron chi connectivity index (χ1n) is 5.90. The Hall–Kier alpha value is -0.260. The van der Waals surface area contributed by atoms with Crippen molar-refractivity contribution in [2.75, 3.05) is 0 Å². The maximum absolute atomic E-state index is 3.82. The highest BCUT2D eigenvalue weighted by molar-refractivity contribution is 4.92. The summed E-state index contributed by atoms with van der Waals surface area (Å²) in [7, 11) is 0. The lowest BCUT2D eigenvalue weighted by molar-refractivity contribution is 0.0364. The number of hydrogen-bond donors (Lipinski definition) is 0. The lowest BCUT2D eigenvalue weighted by Crippen LogP contribution is -2.36. The lowest BCUT2D eigenvalue weighted by Gasteiger charge is -2.47. The minimum Gasteiger partial charge on any atom is -0.103 e. The highest BCUT2D eigenvalue weighted by Gasteiger charge is 2.40. The van der Waals surface area contributed by atoms with Gasteiger partial charge in [0.2, 0.25) is 0 Å². The molecule has 0 aliphatic heterocycles. The fraction of sp³-hybridized carbons (Fsp3) is 0.846. The van der Waals surface area contributed by atoms with E-state index in [4.69, 9.17) is 0 Å².